The van der Waals surface area contributed by atoms with Crippen LogP contribution in [-0.2, 0) is 0 Å². The number of anilines is 1. The molecule has 0 saturated carbocycles. The van der Waals surface area contributed by atoms with Gasteiger partial charge in [-0.15, -0.1) is 0 Å². The van der Waals surface area contributed by atoms with Crippen LogP contribution in [-0.4, -0.2) is 36.1 Å². The van der Waals surface area contributed by atoms with Crippen molar-refractivity contribution in [2.75, 3.05) is 31.5 Å². The fraction of sp³-hybridized carbons (Fsp3) is 0.545. The summed E-state index contributed by atoms with van der Waals surface area (Å²) in [5.41, 5.74) is 0. The van der Waals surface area contributed by atoms with Crippen molar-refractivity contribution < 1.29 is 4.39 Å². The second-order valence-corrected chi connectivity index (χ2v) is 4.35. The Bertz CT molecular complexity index is 329. The van der Waals surface area contributed by atoms with E-state index in [1.807, 2.05) is 0 Å². The van der Waals surface area contributed by atoms with E-state index in [0.29, 0.717) is 16.8 Å². The molecule has 0 radical (unpaired) electrons. The highest BCUT2D eigenvalue weighted by Gasteiger charge is 2.04. The third-order valence-electron chi connectivity index (χ3n) is 2.42. The SMILES string of the molecule is CCN(CC)CCNc1ncc(Br)cc1F. The predicted molar refractivity (Wildman–Crippen MR) is 68.2 cm³/mol. The predicted octanol–water partition coefficient (Wildman–Crippen LogP) is 2.74. The molecule has 0 atom stereocenters. The highest BCUT2D eigenvalue weighted by Crippen LogP contribution is 2.15. The number of rotatable bonds is 6. The average Bonchev–Trinajstić information content (AvgIpc) is 2.27. The molecular formula is C11H17BrFN3. The Labute approximate surface area is 104 Å². The lowest BCUT2D eigenvalue weighted by Crippen LogP contribution is -2.28. The highest BCUT2D eigenvalue weighted by atomic mass is 79.9. The van der Waals surface area contributed by atoms with E-state index < -0.39 is 0 Å². The topological polar surface area (TPSA) is 28.2 Å². The Morgan fingerprint density at radius 3 is 2.69 bits per heavy atom. The summed E-state index contributed by atoms with van der Waals surface area (Å²) in [4.78, 5) is 6.24. The standard InChI is InChI=1S/C11H17BrFN3/c1-3-16(4-2)6-5-14-11-10(13)7-9(12)8-15-11/h7-8H,3-6H2,1-2H3,(H,14,15). The Hall–Kier alpha value is -0.680. The number of hydrogen-bond acceptors (Lipinski definition) is 3. The lowest BCUT2D eigenvalue weighted by Gasteiger charge is -2.18. The first kappa shape index (κ1) is 13.4. The van der Waals surface area contributed by atoms with Crippen molar-refractivity contribution in [3.05, 3.63) is 22.6 Å². The molecule has 0 bridgehead atoms. The van der Waals surface area contributed by atoms with Crippen LogP contribution in [0.5, 0.6) is 0 Å². The van der Waals surface area contributed by atoms with Crippen molar-refractivity contribution in [2.45, 2.75) is 13.8 Å². The summed E-state index contributed by atoms with van der Waals surface area (Å²) in [5, 5.41) is 2.99. The van der Waals surface area contributed by atoms with Crippen molar-refractivity contribution in [3.63, 3.8) is 0 Å². The normalized spacial score (nSPS) is 10.8. The first-order valence-corrected chi connectivity index (χ1v) is 6.24. The van der Waals surface area contributed by atoms with Gasteiger partial charge in [0.15, 0.2) is 11.6 Å². The van der Waals surface area contributed by atoms with Gasteiger partial charge in [-0.3, -0.25) is 0 Å². The first-order valence-electron chi connectivity index (χ1n) is 5.44. The molecule has 0 amide bonds. The van der Waals surface area contributed by atoms with Gasteiger partial charge in [-0.05, 0) is 35.1 Å². The van der Waals surface area contributed by atoms with Crippen molar-refractivity contribution in [1.82, 2.24) is 9.88 Å². The van der Waals surface area contributed by atoms with E-state index in [-0.39, 0.29) is 5.82 Å². The molecule has 1 rings (SSSR count). The fourth-order valence-electron chi connectivity index (χ4n) is 1.42. The molecule has 90 valence electrons. The number of nitrogens with zero attached hydrogens (tertiary/aromatic N) is 2. The van der Waals surface area contributed by atoms with E-state index >= 15 is 0 Å². The molecule has 0 aliphatic heterocycles. The fourth-order valence-corrected chi connectivity index (χ4v) is 1.72. The van der Waals surface area contributed by atoms with Crippen LogP contribution in [0.3, 0.4) is 0 Å². The molecule has 0 aliphatic carbocycles. The van der Waals surface area contributed by atoms with Gasteiger partial charge in [0.2, 0.25) is 0 Å². The molecule has 1 aromatic heterocycles. The van der Waals surface area contributed by atoms with Gasteiger partial charge in [0.05, 0.1) is 0 Å². The van der Waals surface area contributed by atoms with Crippen LogP contribution in [0.4, 0.5) is 10.2 Å². The summed E-state index contributed by atoms with van der Waals surface area (Å²) in [6.07, 6.45) is 1.59. The van der Waals surface area contributed by atoms with E-state index in [1.165, 1.54) is 6.07 Å². The van der Waals surface area contributed by atoms with Gasteiger partial charge in [0.25, 0.3) is 0 Å². The minimum atomic E-state index is -0.325. The van der Waals surface area contributed by atoms with E-state index in [1.54, 1.807) is 6.20 Å². The van der Waals surface area contributed by atoms with Crippen molar-refractivity contribution in [1.29, 1.82) is 0 Å². The number of aromatic nitrogens is 1. The van der Waals surface area contributed by atoms with Crippen LogP contribution in [0.25, 0.3) is 0 Å². The van der Waals surface area contributed by atoms with Gasteiger partial charge in [-0.2, -0.15) is 0 Å². The van der Waals surface area contributed by atoms with Crippen molar-refractivity contribution in [2.24, 2.45) is 0 Å². The summed E-state index contributed by atoms with van der Waals surface area (Å²) in [7, 11) is 0. The maximum Gasteiger partial charge on any atom is 0.166 e. The molecule has 0 aromatic carbocycles. The highest BCUT2D eigenvalue weighted by molar-refractivity contribution is 9.10. The van der Waals surface area contributed by atoms with Crippen molar-refractivity contribution >= 4 is 21.7 Å². The first-order chi connectivity index (χ1) is 7.67. The number of hydrogen-bond donors (Lipinski definition) is 1. The molecule has 0 unspecified atom stereocenters. The smallest absolute Gasteiger partial charge is 0.166 e. The maximum atomic E-state index is 13.4. The van der Waals surface area contributed by atoms with E-state index in [2.05, 4.69) is 45.0 Å². The van der Waals surface area contributed by atoms with Gasteiger partial charge in [0, 0.05) is 23.8 Å². The van der Waals surface area contributed by atoms with Gasteiger partial charge < -0.3 is 10.2 Å². The minimum Gasteiger partial charge on any atom is -0.366 e. The molecular weight excluding hydrogens is 273 g/mol. The third-order valence-corrected chi connectivity index (χ3v) is 2.86. The third kappa shape index (κ3) is 4.06. The lowest BCUT2D eigenvalue weighted by atomic mass is 10.4. The Morgan fingerprint density at radius 2 is 2.12 bits per heavy atom. The molecule has 1 aromatic rings. The molecule has 0 saturated heterocycles. The maximum absolute atomic E-state index is 13.4. The van der Waals surface area contributed by atoms with Crippen LogP contribution in [0, 0.1) is 5.82 Å². The molecule has 1 heterocycles. The monoisotopic (exact) mass is 289 g/mol. The van der Waals surface area contributed by atoms with Crippen LogP contribution < -0.4 is 5.32 Å². The lowest BCUT2D eigenvalue weighted by molar-refractivity contribution is 0.315. The van der Waals surface area contributed by atoms with Gasteiger partial charge in [0.1, 0.15) is 0 Å². The van der Waals surface area contributed by atoms with E-state index in [9.17, 15) is 4.39 Å². The van der Waals surface area contributed by atoms with E-state index in [4.69, 9.17) is 0 Å². The molecule has 16 heavy (non-hydrogen) atoms. The summed E-state index contributed by atoms with van der Waals surface area (Å²) >= 11 is 3.17. The summed E-state index contributed by atoms with van der Waals surface area (Å²) in [5.74, 6) is -0.00993. The zero-order chi connectivity index (χ0) is 12.0. The minimum absolute atomic E-state index is 0.315. The number of likely N-dealkylation sites (N-methyl/N-ethyl adjacent to an activating group) is 1. The average molecular weight is 290 g/mol. The second-order valence-electron chi connectivity index (χ2n) is 3.44. The number of halogens is 2. The van der Waals surface area contributed by atoms with E-state index in [0.717, 1.165) is 19.6 Å². The molecule has 0 spiro atoms. The quantitative estimate of drug-likeness (QED) is 0.873. The number of nitrogens with one attached hydrogen (secondary N) is 1. The van der Waals surface area contributed by atoms with Gasteiger partial charge >= 0.3 is 0 Å². The summed E-state index contributed by atoms with van der Waals surface area (Å²) in [6, 6.07) is 1.41. The van der Waals surface area contributed by atoms with Crippen LogP contribution in [0.2, 0.25) is 0 Å². The summed E-state index contributed by atoms with van der Waals surface area (Å²) in [6.45, 7) is 7.84. The largest absolute Gasteiger partial charge is 0.366 e. The van der Waals surface area contributed by atoms with Crippen LogP contribution in [0.15, 0.2) is 16.7 Å². The van der Waals surface area contributed by atoms with Crippen molar-refractivity contribution in [3.8, 4) is 0 Å². The second kappa shape index (κ2) is 6.81. The zero-order valence-electron chi connectivity index (χ0n) is 9.63. The molecule has 0 fully saturated rings. The van der Waals surface area contributed by atoms with Gasteiger partial charge in [-0.25, -0.2) is 9.37 Å². The van der Waals surface area contributed by atoms with Crippen LogP contribution in [0.1, 0.15) is 13.8 Å². The van der Waals surface area contributed by atoms with Crippen LogP contribution >= 0.6 is 15.9 Å². The molecule has 3 nitrogen and oxygen atoms in total. The Kier molecular flexibility index (Phi) is 5.69. The Balaban J connectivity index is 2.42. The molecule has 0 aliphatic rings. The number of pyridine rings is 1. The van der Waals surface area contributed by atoms with Gasteiger partial charge in [-0.1, -0.05) is 13.8 Å². The summed E-state index contributed by atoms with van der Waals surface area (Å²) < 4.78 is 14.0. The zero-order valence-corrected chi connectivity index (χ0v) is 11.2. The Morgan fingerprint density at radius 1 is 1.44 bits per heavy atom. The molecule has 5 heteroatoms. The molecule has 1 N–H and O–H groups in total.